The van der Waals surface area contributed by atoms with Crippen molar-refractivity contribution in [1.82, 2.24) is 0 Å². The van der Waals surface area contributed by atoms with Crippen LogP contribution in [-0.4, -0.2) is 0 Å². The summed E-state index contributed by atoms with van der Waals surface area (Å²) in [7, 11) is 0. The summed E-state index contributed by atoms with van der Waals surface area (Å²) in [5.74, 6) is -0.103. The Morgan fingerprint density at radius 1 is 1.00 bits per heavy atom. The van der Waals surface area contributed by atoms with Crippen LogP contribution in [0.1, 0.15) is 0 Å². The van der Waals surface area contributed by atoms with Gasteiger partial charge in [-0.2, -0.15) is 0 Å². The molecule has 2 heteroatoms. The maximum atomic E-state index is 11.1. The second-order valence-electron chi connectivity index (χ2n) is 2.74. The lowest BCUT2D eigenvalue weighted by Crippen LogP contribution is -1.84. The zero-order valence-corrected chi connectivity index (χ0v) is 6.45. The topological polar surface area (TPSA) is 45.9 Å². The number of rotatable bonds is 0. The van der Waals surface area contributed by atoms with E-state index in [2.05, 4.69) is 0 Å². The third kappa shape index (κ3) is 0.975. The molecule has 2 nitrogen and oxygen atoms in total. The van der Waals surface area contributed by atoms with E-state index in [0.717, 1.165) is 10.8 Å². The van der Waals surface area contributed by atoms with Crippen LogP contribution in [0.25, 0.3) is 10.8 Å². The fourth-order valence-electron chi connectivity index (χ4n) is 1.24. The van der Waals surface area contributed by atoms with Gasteiger partial charge in [0, 0.05) is 0 Å². The Morgan fingerprint density at radius 3 is 2.25 bits per heavy atom. The second kappa shape index (κ2) is 2.41. The molecule has 0 saturated heterocycles. The van der Waals surface area contributed by atoms with Crippen molar-refractivity contribution in [2.45, 2.75) is 0 Å². The highest BCUT2D eigenvalue weighted by Crippen LogP contribution is 2.26. The minimum atomic E-state index is -0.103. The minimum Gasteiger partial charge on any atom is -0.396 e. The summed E-state index contributed by atoms with van der Waals surface area (Å²) >= 11 is 0. The fourth-order valence-corrected chi connectivity index (χ4v) is 1.24. The zero-order chi connectivity index (χ0) is 8.55. The van der Waals surface area contributed by atoms with Crippen molar-refractivity contribution in [2.24, 2.45) is 0 Å². The van der Waals surface area contributed by atoms with Gasteiger partial charge in [-0.3, -0.25) is 5.11 Å². The molecule has 0 atom stereocenters. The van der Waals surface area contributed by atoms with Gasteiger partial charge in [0.05, 0.1) is 5.69 Å². The molecule has 0 heterocycles. The Balaban J connectivity index is 2.84. The number of anilines is 1. The van der Waals surface area contributed by atoms with Crippen LogP contribution in [0.3, 0.4) is 0 Å². The summed E-state index contributed by atoms with van der Waals surface area (Å²) in [5.41, 5.74) is 5.79. The van der Waals surface area contributed by atoms with Crippen LogP contribution in [0.4, 0.5) is 5.69 Å². The van der Waals surface area contributed by atoms with Gasteiger partial charge < -0.3 is 5.73 Å². The molecule has 59 valence electrons. The van der Waals surface area contributed by atoms with Crippen LogP contribution < -0.4 is 5.73 Å². The van der Waals surface area contributed by atoms with Crippen molar-refractivity contribution >= 4 is 16.5 Å². The van der Waals surface area contributed by atoms with Crippen LogP contribution in [0.2, 0.25) is 0 Å². The predicted molar refractivity (Wildman–Crippen MR) is 48.5 cm³/mol. The SMILES string of the molecule is Nc1cc2ccccc2cc1[O]. The van der Waals surface area contributed by atoms with E-state index in [4.69, 9.17) is 5.73 Å². The molecule has 1 radical (unpaired) electrons. The van der Waals surface area contributed by atoms with Crippen LogP contribution in [-0.2, 0) is 5.11 Å². The van der Waals surface area contributed by atoms with Gasteiger partial charge >= 0.3 is 0 Å². The first-order chi connectivity index (χ1) is 5.77. The van der Waals surface area contributed by atoms with Crippen molar-refractivity contribution in [1.29, 1.82) is 0 Å². The predicted octanol–water partition coefficient (Wildman–Crippen LogP) is 2.57. The smallest absolute Gasteiger partial charge is 0.202 e. The Morgan fingerprint density at radius 2 is 1.58 bits per heavy atom. The number of hydrogen-bond acceptors (Lipinski definition) is 1. The van der Waals surface area contributed by atoms with Gasteiger partial charge in [0.2, 0.25) is 5.75 Å². The highest BCUT2D eigenvalue weighted by atomic mass is 16.3. The van der Waals surface area contributed by atoms with Crippen molar-refractivity contribution in [2.75, 3.05) is 5.73 Å². The highest BCUT2D eigenvalue weighted by Gasteiger charge is 2.00. The fraction of sp³-hybridized carbons (Fsp3) is 0. The van der Waals surface area contributed by atoms with Crippen LogP contribution in [0.15, 0.2) is 36.4 Å². The maximum Gasteiger partial charge on any atom is 0.202 e. The molecule has 0 aliphatic heterocycles. The molecule has 2 rings (SSSR count). The summed E-state index contributed by atoms with van der Waals surface area (Å²) in [6, 6.07) is 10.9. The Labute approximate surface area is 70.2 Å². The highest BCUT2D eigenvalue weighted by molar-refractivity contribution is 5.87. The van der Waals surface area contributed by atoms with Crippen molar-refractivity contribution in [3.05, 3.63) is 36.4 Å². The molecule has 2 N–H and O–H groups in total. The first-order valence-electron chi connectivity index (χ1n) is 3.72. The largest absolute Gasteiger partial charge is 0.396 e. The monoisotopic (exact) mass is 158 g/mol. The van der Waals surface area contributed by atoms with Gasteiger partial charge in [-0.1, -0.05) is 24.3 Å². The van der Waals surface area contributed by atoms with Gasteiger partial charge in [0.25, 0.3) is 0 Å². The maximum absolute atomic E-state index is 11.1. The van der Waals surface area contributed by atoms with Crippen LogP contribution >= 0.6 is 0 Å². The molecular formula is C10H8NO. The van der Waals surface area contributed by atoms with Gasteiger partial charge in [0.1, 0.15) is 0 Å². The first kappa shape index (κ1) is 6.98. The van der Waals surface area contributed by atoms with Gasteiger partial charge in [-0.05, 0) is 22.9 Å². The van der Waals surface area contributed by atoms with Gasteiger partial charge in [-0.25, -0.2) is 0 Å². The molecule has 2 aromatic carbocycles. The normalized spacial score (nSPS) is 10.3. The molecule has 0 unspecified atom stereocenters. The molecule has 12 heavy (non-hydrogen) atoms. The van der Waals surface area contributed by atoms with E-state index in [-0.39, 0.29) is 5.75 Å². The molecule has 0 aromatic heterocycles. The Bertz CT molecular complexity index is 383. The summed E-state index contributed by atoms with van der Waals surface area (Å²) in [4.78, 5) is 0. The lowest BCUT2D eigenvalue weighted by Gasteiger charge is -1.99. The second-order valence-corrected chi connectivity index (χ2v) is 2.74. The van der Waals surface area contributed by atoms with E-state index >= 15 is 0 Å². The van der Waals surface area contributed by atoms with Crippen molar-refractivity contribution in [3.63, 3.8) is 0 Å². The molecule has 0 aliphatic carbocycles. The Hall–Kier alpha value is -1.70. The van der Waals surface area contributed by atoms with E-state index in [1.54, 1.807) is 12.1 Å². The zero-order valence-electron chi connectivity index (χ0n) is 6.45. The number of fused-ring (bicyclic) bond motifs is 1. The lowest BCUT2D eigenvalue weighted by molar-refractivity contribution is 0.358. The molecular weight excluding hydrogens is 150 g/mol. The van der Waals surface area contributed by atoms with E-state index < -0.39 is 0 Å². The molecule has 0 fully saturated rings. The van der Waals surface area contributed by atoms with Crippen LogP contribution in [0, 0.1) is 0 Å². The van der Waals surface area contributed by atoms with Gasteiger partial charge in [0.15, 0.2) is 0 Å². The van der Waals surface area contributed by atoms with E-state index in [9.17, 15) is 5.11 Å². The summed E-state index contributed by atoms with van der Waals surface area (Å²) in [6.45, 7) is 0. The minimum absolute atomic E-state index is 0.103. The molecule has 0 aliphatic rings. The van der Waals surface area contributed by atoms with E-state index in [1.165, 1.54) is 0 Å². The van der Waals surface area contributed by atoms with E-state index in [1.807, 2.05) is 24.3 Å². The first-order valence-corrected chi connectivity index (χ1v) is 3.72. The molecule has 2 aromatic rings. The van der Waals surface area contributed by atoms with Crippen LogP contribution in [0.5, 0.6) is 5.75 Å². The standard InChI is InChI=1S/C10H8NO/c11-9-5-7-3-1-2-4-8(7)6-10(9)12/h1-6H,11H2. The third-order valence-electron chi connectivity index (χ3n) is 1.88. The molecule has 0 bridgehead atoms. The molecule has 0 amide bonds. The number of hydrogen-bond donors (Lipinski definition) is 1. The summed E-state index contributed by atoms with van der Waals surface area (Å²) in [6.07, 6.45) is 0. The number of benzene rings is 2. The third-order valence-corrected chi connectivity index (χ3v) is 1.88. The summed E-state index contributed by atoms with van der Waals surface area (Å²) in [5, 5.41) is 13.1. The quantitative estimate of drug-likeness (QED) is 0.588. The van der Waals surface area contributed by atoms with E-state index in [0.29, 0.717) is 5.69 Å². The molecule has 0 saturated carbocycles. The van der Waals surface area contributed by atoms with Crippen molar-refractivity contribution in [3.8, 4) is 5.75 Å². The number of nitrogens with two attached hydrogens (primary N) is 1. The number of nitrogen functional groups attached to an aromatic ring is 1. The Kier molecular flexibility index (Phi) is 1.40. The lowest BCUT2D eigenvalue weighted by atomic mass is 10.1. The van der Waals surface area contributed by atoms with Crippen molar-refractivity contribution < 1.29 is 5.11 Å². The molecule has 0 spiro atoms. The average molecular weight is 158 g/mol. The van der Waals surface area contributed by atoms with Gasteiger partial charge in [-0.15, -0.1) is 0 Å². The average Bonchev–Trinajstić information content (AvgIpc) is 2.07. The summed E-state index contributed by atoms with van der Waals surface area (Å²) < 4.78 is 0.